The monoisotopic (exact) mass is 198 g/mol. The van der Waals surface area contributed by atoms with Crippen LogP contribution in [0.3, 0.4) is 0 Å². The first-order chi connectivity index (χ1) is 6.59. The maximum atomic E-state index is 11.7. The van der Waals surface area contributed by atoms with Crippen LogP contribution in [-0.4, -0.2) is 36.7 Å². The Morgan fingerprint density at radius 3 is 2.64 bits per heavy atom. The summed E-state index contributed by atoms with van der Waals surface area (Å²) >= 11 is 0. The molecule has 2 N–H and O–H groups in total. The van der Waals surface area contributed by atoms with Crippen molar-refractivity contribution < 1.29 is 9.53 Å². The first-order valence-electron chi connectivity index (χ1n) is 5.27. The molecule has 2 fully saturated rings. The van der Waals surface area contributed by atoms with Crippen LogP contribution in [0.15, 0.2) is 0 Å². The highest BCUT2D eigenvalue weighted by Gasteiger charge is 2.37. The van der Waals surface area contributed by atoms with Crippen molar-refractivity contribution in [1.29, 1.82) is 0 Å². The predicted molar refractivity (Wildman–Crippen MR) is 53.0 cm³/mol. The van der Waals surface area contributed by atoms with Gasteiger partial charge in [0.05, 0.1) is 11.6 Å². The largest absolute Gasteiger partial charge is 0.365 e. The summed E-state index contributed by atoms with van der Waals surface area (Å²) in [4.78, 5) is 11.7. The molecule has 1 amide bonds. The first kappa shape index (κ1) is 9.93. The molecule has 0 aromatic heterocycles. The number of carbonyl (C=O) groups excluding carboxylic acids is 1. The third kappa shape index (κ3) is 1.91. The summed E-state index contributed by atoms with van der Waals surface area (Å²) < 4.78 is 5.51. The average molecular weight is 198 g/mol. The van der Waals surface area contributed by atoms with Gasteiger partial charge in [-0.1, -0.05) is 0 Å². The van der Waals surface area contributed by atoms with Gasteiger partial charge in [-0.2, -0.15) is 0 Å². The van der Waals surface area contributed by atoms with E-state index in [0.717, 1.165) is 25.9 Å². The Bertz CT molecular complexity index is 238. The van der Waals surface area contributed by atoms with Crippen molar-refractivity contribution in [3.05, 3.63) is 0 Å². The summed E-state index contributed by atoms with van der Waals surface area (Å²) in [7, 11) is 0. The second-order valence-corrected chi connectivity index (χ2v) is 4.67. The molecule has 2 heterocycles. The zero-order valence-corrected chi connectivity index (χ0v) is 8.80. The van der Waals surface area contributed by atoms with Crippen molar-refractivity contribution in [3.63, 3.8) is 0 Å². The van der Waals surface area contributed by atoms with E-state index in [2.05, 4.69) is 17.6 Å². The van der Waals surface area contributed by atoms with Gasteiger partial charge in [-0.15, -0.1) is 0 Å². The van der Waals surface area contributed by atoms with Gasteiger partial charge in [-0.25, -0.2) is 0 Å². The fourth-order valence-corrected chi connectivity index (χ4v) is 1.96. The summed E-state index contributed by atoms with van der Waals surface area (Å²) in [5, 5.41) is 6.18. The van der Waals surface area contributed by atoms with E-state index in [4.69, 9.17) is 4.74 Å². The van der Waals surface area contributed by atoms with Gasteiger partial charge in [0, 0.05) is 13.1 Å². The quantitative estimate of drug-likeness (QED) is 0.658. The molecule has 14 heavy (non-hydrogen) atoms. The molecule has 2 unspecified atom stereocenters. The lowest BCUT2D eigenvalue weighted by Crippen LogP contribution is -2.68. The van der Waals surface area contributed by atoms with Gasteiger partial charge in [0.2, 0.25) is 5.91 Å². The third-order valence-electron chi connectivity index (χ3n) is 2.98. The maximum absolute atomic E-state index is 11.7. The minimum Gasteiger partial charge on any atom is -0.365 e. The van der Waals surface area contributed by atoms with Gasteiger partial charge >= 0.3 is 0 Å². The lowest BCUT2D eigenvalue weighted by molar-refractivity contribution is -0.134. The van der Waals surface area contributed by atoms with Crippen LogP contribution < -0.4 is 10.6 Å². The van der Waals surface area contributed by atoms with E-state index in [9.17, 15) is 4.79 Å². The van der Waals surface area contributed by atoms with Crippen molar-refractivity contribution in [3.8, 4) is 0 Å². The molecule has 4 heteroatoms. The Morgan fingerprint density at radius 2 is 2.21 bits per heavy atom. The normalized spacial score (nSPS) is 35.0. The highest BCUT2D eigenvalue weighted by molar-refractivity contribution is 5.82. The molecule has 2 atom stereocenters. The van der Waals surface area contributed by atoms with E-state index in [1.165, 1.54) is 0 Å². The Morgan fingerprint density at radius 1 is 1.50 bits per heavy atom. The van der Waals surface area contributed by atoms with Crippen molar-refractivity contribution in [2.45, 2.75) is 44.4 Å². The molecule has 0 radical (unpaired) electrons. The molecule has 0 aliphatic carbocycles. The fourth-order valence-electron chi connectivity index (χ4n) is 1.96. The molecule has 2 aliphatic heterocycles. The molecule has 0 aromatic rings. The maximum Gasteiger partial charge on any atom is 0.249 e. The molecule has 4 nitrogen and oxygen atoms in total. The SMILES string of the molecule is CC1CCC(C(=O)NC2(C)CNC2)O1. The number of amides is 1. The van der Waals surface area contributed by atoms with Gasteiger partial charge in [0.15, 0.2) is 0 Å². The minimum atomic E-state index is -0.220. The summed E-state index contributed by atoms with van der Waals surface area (Å²) in [6.07, 6.45) is 1.87. The molecule has 2 saturated heterocycles. The first-order valence-corrected chi connectivity index (χ1v) is 5.27. The Hall–Kier alpha value is -0.610. The molecule has 0 spiro atoms. The van der Waals surface area contributed by atoms with E-state index in [0.29, 0.717) is 0 Å². The highest BCUT2D eigenvalue weighted by atomic mass is 16.5. The second-order valence-electron chi connectivity index (χ2n) is 4.67. The summed E-state index contributed by atoms with van der Waals surface area (Å²) in [5.41, 5.74) is -0.0493. The van der Waals surface area contributed by atoms with Crippen molar-refractivity contribution in [1.82, 2.24) is 10.6 Å². The average Bonchev–Trinajstić information content (AvgIpc) is 2.49. The van der Waals surface area contributed by atoms with Crippen LogP contribution in [0.1, 0.15) is 26.7 Å². The van der Waals surface area contributed by atoms with Crippen LogP contribution in [-0.2, 0) is 9.53 Å². The van der Waals surface area contributed by atoms with E-state index in [1.54, 1.807) is 0 Å². The summed E-state index contributed by atoms with van der Waals surface area (Å²) in [6.45, 7) is 5.79. The van der Waals surface area contributed by atoms with E-state index >= 15 is 0 Å². The Labute approximate surface area is 84.4 Å². The zero-order valence-electron chi connectivity index (χ0n) is 8.80. The summed E-state index contributed by atoms with van der Waals surface area (Å²) in [5.74, 6) is 0.0540. The van der Waals surface area contributed by atoms with Gasteiger partial charge in [0.25, 0.3) is 0 Å². The van der Waals surface area contributed by atoms with Crippen LogP contribution in [0, 0.1) is 0 Å². The van der Waals surface area contributed by atoms with E-state index in [-0.39, 0.29) is 23.7 Å². The second kappa shape index (κ2) is 3.51. The number of hydrogen-bond acceptors (Lipinski definition) is 3. The Balaban J connectivity index is 1.83. The fraction of sp³-hybridized carbons (Fsp3) is 0.900. The molecule has 2 rings (SSSR count). The van der Waals surface area contributed by atoms with Gasteiger partial charge < -0.3 is 15.4 Å². The Kier molecular flexibility index (Phi) is 2.49. The topological polar surface area (TPSA) is 50.4 Å². The lowest BCUT2D eigenvalue weighted by Gasteiger charge is -2.40. The van der Waals surface area contributed by atoms with Crippen LogP contribution >= 0.6 is 0 Å². The molecular weight excluding hydrogens is 180 g/mol. The van der Waals surface area contributed by atoms with Crippen LogP contribution in [0.5, 0.6) is 0 Å². The number of ether oxygens (including phenoxy) is 1. The van der Waals surface area contributed by atoms with Crippen LogP contribution in [0.4, 0.5) is 0 Å². The van der Waals surface area contributed by atoms with E-state index < -0.39 is 0 Å². The predicted octanol–water partition coefficient (Wildman–Crippen LogP) is 0.0320. The molecular formula is C10H18N2O2. The lowest BCUT2D eigenvalue weighted by atomic mass is 9.95. The third-order valence-corrected chi connectivity index (χ3v) is 2.98. The minimum absolute atomic E-state index is 0.0493. The molecule has 0 aromatic carbocycles. The highest BCUT2D eigenvalue weighted by Crippen LogP contribution is 2.20. The van der Waals surface area contributed by atoms with Gasteiger partial charge in [0.1, 0.15) is 6.10 Å². The number of rotatable bonds is 2. The molecule has 0 saturated carbocycles. The molecule has 2 aliphatic rings. The van der Waals surface area contributed by atoms with Crippen LogP contribution in [0.25, 0.3) is 0 Å². The molecule has 0 bridgehead atoms. The number of hydrogen-bond donors (Lipinski definition) is 2. The van der Waals surface area contributed by atoms with E-state index in [1.807, 2.05) is 6.92 Å². The van der Waals surface area contributed by atoms with Crippen molar-refractivity contribution in [2.75, 3.05) is 13.1 Å². The smallest absolute Gasteiger partial charge is 0.249 e. The van der Waals surface area contributed by atoms with Gasteiger partial charge in [-0.05, 0) is 26.7 Å². The summed E-state index contributed by atoms with van der Waals surface area (Å²) in [6, 6.07) is 0. The standard InChI is InChI=1S/C10H18N2O2/c1-7-3-4-8(14-7)9(13)12-10(2)5-11-6-10/h7-8,11H,3-6H2,1-2H3,(H,12,13). The van der Waals surface area contributed by atoms with Gasteiger partial charge in [-0.3, -0.25) is 4.79 Å². The number of carbonyl (C=O) groups is 1. The molecule has 80 valence electrons. The number of nitrogens with one attached hydrogen (secondary N) is 2. The van der Waals surface area contributed by atoms with Crippen molar-refractivity contribution in [2.24, 2.45) is 0 Å². The van der Waals surface area contributed by atoms with Crippen LogP contribution in [0.2, 0.25) is 0 Å². The zero-order chi connectivity index (χ0) is 10.2. The van der Waals surface area contributed by atoms with Crippen molar-refractivity contribution >= 4 is 5.91 Å².